The summed E-state index contributed by atoms with van der Waals surface area (Å²) in [6.45, 7) is 3.27. The fourth-order valence-electron chi connectivity index (χ4n) is 0.911. The van der Waals surface area contributed by atoms with Crippen molar-refractivity contribution in [2.24, 2.45) is 0 Å². The van der Waals surface area contributed by atoms with Crippen molar-refractivity contribution in [2.75, 3.05) is 6.61 Å². The lowest BCUT2D eigenvalue weighted by atomic mass is 10.3. The first-order valence-electron chi connectivity index (χ1n) is 5.38. The number of ether oxygens (including phenoxy) is 1. The topological polar surface area (TPSA) is 46.5 Å². The number of carbonyl (C=O) groups is 1. The molecule has 0 atom stereocenters. The van der Waals surface area contributed by atoms with Crippen molar-refractivity contribution in [3.05, 3.63) is 37.0 Å². The van der Waals surface area contributed by atoms with Gasteiger partial charge in [0.15, 0.2) is 5.75 Å². The summed E-state index contributed by atoms with van der Waals surface area (Å²) in [6.07, 6.45) is 1.07. The smallest absolute Gasteiger partial charge is 0.366 e. The second-order valence-electron chi connectivity index (χ2n) is 3.28. The molecule has 0 unspecified atom stereocenters. The van der Waals surface area contributed by atoms with Crippen LogP contribution >= 0.6 is 58.0 Å². The molecule has 0 amide bonds. The highest BCUT2D eigenvalue weighted by molar-refractivity contribution is 6.55. The second kappa shape index (κ2) is 9.59. The van der Waals surface area contributed by atoms with E-state index < -0.39 is 11.8 Å². The number of phenolic OH excluding ortho intramolecular Hbond substituents is 1. The lowest BCUT2D eigenvalue weighted by Crippen LogP contribution is -2.03. The molecule has 1 aromatic rings. The third-order valence-corrected chi connectivity index (χ3v) is 4.17. The highest BCUT2D eigenvalue weighted by Gasteiger charge is 2.18. The summed E-state index contributed by atoms with van der Waals surface area (Å²) in [5.41, 5.74) is 0. The van der Waals surface area contributed by atoms with E-state index in [2.05, 4.69) is 4.74 Å². The molecule has 0 spiro atoms. The van der Waals surface area contributed by atoms with Crippen molar-refractivity contribution in [1.29, 1.82) is 0 Å². The van der Waals surface area contributed by atoms with Gasteiger partial charge in [0.2, 0.25) is 5.83 Å². The summed E-state index contributed by atoms with van der Waals surface area (Å²) >= 11 is 27.9. The average molecular weight is 398 g/mol. The van der Waals surface area contributed by atoms with E-state index in [1.807, 2.05) is 0 Å². The highest BCUT2D eigenvalue weighted by atomic mass is 35.5. The van der Waals surface area contributed by atoms with Crippen LogP contribution in [0.2, 0.25) is 25.1 Å². The van der Waals surface area contributed by atoms with Crippen LogP contribution in [0.4, 0.5) is 4.39 Å². The lowest BCUT2D eigenvalue weighted by Gasteiger charge is -2.06. The number of carbonyl (C=O) groups excluding carboxylic acids is 1. The predicted molar refractivity (Wildman–Crippen MR) is 84.7 cm³/mol. The van der Waals surface area contributed by atoms with Crippen LogP contribution in [-0.4, -0.2) is 17.7 Å². The van der Waals surface area contributed by atoms with Crippen molar-refractivity contribution < 1.29 is 19.0 Å². The Morgan fingerprint density at radius 3 is 1.81 bits per heavy atom. The molecule has 0 aliphatic rings. The zero-order chi connectivity index (χ0) is 16.7. The SMILES string of the molecule is C/C=C(\F)C(=O)OCC.Oc1c(Cl)c(Cl)c(Cl)c(Cl)c1Cl. The molecule has 0 saturated heterocycles. The van der Waals surface area contributed by atoms with Gasteiger partial charge in [0.1, 0.15) is 10.0 Å². The Kier molecular flexibility index (Phi) is 9.41. The Bertz CT molecular complexity index is 455. The van der Waals surface area contributed by atoms with Gasteiger partial charge in [-0.2, -0.15) is 4.39 Å². The largest absolute Gasteiger partial charge is 0.505 e. The number of rotatable bonds is 2. The summed E-state index contributed by atoms with van der Waals surface area (Å²) < 4.78 is 16.4. The number of hydrogen-bond acceptors (Lipinski definition) is 3. The Balaban J connectivity index is 0.000000400. The van der Waals surface area contributed by atoms with E-state index in [0.29, 0.717) is 0 Å². The predicted octanol–water partition coefficient (Wildman–Crippen LogP) is 6.08. The Morgan fingerprint density at radius 1 is 1.10 bits per heavy atom. The van der Waals surface area contributed by atoms with E-state index in [9.17, 15) is 14.3 Å². The van der Waals surface area contributed by atoms with Crippen LogP contribution < -0.4 is 0 Å². The Labute approximate surface area is 146 Å². The molecule has 0 fully saturated rings. The molecule has 9 heteroatoms. The summed E-state index contributed by atoms with van der Waals surface area (Å²) in [7, 11) is 0. The van der Waals surface area contributed by atoms with Crippen LogP contribution in [-0.2, 0) is 9.53 Å². The Hall–Kier alpha value is -0.390. The van der Waals surface area contributed by atoms with Gasteiger partial charge in [0, 0.05) is 0 Å². The minimum atomic E-state index is -0.889. The van der Waals surface area contributed by atoms with Crippen molar-refractivity contribution in [3.63, 3.8) is 0 Å². The molecule has 1 N–H and O–H groups in total. The van der Waals surface area contributed by atoms with E-state index in [1.54, 1.807) is 6.92 Å². The Morgan fingerprint density at radius 2 is 1.48 bits per heavy atom. The quantitative estimate of drug-likeness (QED) is 0.284. The van der Waals surface area contributed by atoms with Crippen LogP contribution in [0.25, 0.3) is 0 Å². The fraction of sp³-hybridized carbons (Fsp3) is 0.250. The van der Waals surface area contributed by atoms with Crippen LogP contribution in [0.15, 0.2) is 11.9 Å². The molecule has 0 aliphatic carbocycles. The van der Waals surface area contributed by atoms with Crippen molar-refractivity contribution >= 4 is 64.0 Å². The normalized spacial score (nSPS) is 10.8. The maximum absolute atomic E-state index is 12.1. The number of hydrogen-bond donors (Lipinski definition) is 1. The van der Waals surface area contributed by atoms with Crippen LogP contribution in [0.1, 0.15) is 13.8 Å². The van der Waals surface area contributed by atoms with Gasteiger partial charge >= 0.3 is 5.97 Å². The van der Waals surface area contributed by atoms with Gasteiger partial charge in [-0.05, 0) is 19.9 Å². The summed E-state index contributed by atoms with van der Waals surface area (Å²) in [5.74, 6) is -2.09. The van der Waals surface area contributed by atoms with Gasteiger partial charge in [-0.3, -0.25) is 0 Å². The molecule has 0 heterocycles. The van der Waals surface area contributed by atoms with E-state index in [0.717, 1.165) is 6.08 Å². The first kappa shape index (κ1) is 20.6. The number of benzene rings is 1. The van der Waals surface area contributed by atoms with E-state index in [1.165, 1.54) is 6.92 Å². The van der Waals surface area contributed by atoms with Crippen molar-refractivity contribution in [2.45, 2.75) is 13.8 Å². The molecule has 3 nitrogen and oxygen atoms in total. The maximum atomic E-state index is 12.1. The monoisotopic (exact) mass is 396 g/mol. The molecule has 0 aliphatic heterocycles. The van der Waals surface area contributed by atoms with Gasteiger partial charge < -0.3 is 9.84 Å². The first-order valence-corrected chi connectivity index (χ1v) is 7.27. The van der Waals surface area contributed by atoms with Gasteiger partial charge in [0.05, 0.1) is 21.7 Å². The molecule has 1 aromatic carbocycles. The van der Waals surface area contributed by atoms with Gasteiger partial charge in [-0.1, -0.05) is 58.0 Å². The fourth-order valence-corrected chi connectivity index (χ4v) is 2.04. The van der Waals surface area contributed by atoms with Crippen LogP contribution in [0.3, 0.4) is 0 Å². The summed E-state index contributed by atoms with van der Waals surface area (Å²) in [6, 6.07) is 0. The minimum absolute atomic E-state index is 0.00904. The van der Waals surface area contributed by atoms with Crippen molar-refractivity contribution in [1.82, 2.24) is 0 Å². The number of esters is 1. The summed E-state index contributed by atoms with van der Waals surface area (Å²) in [4.78, 5) is 10.3. The lowest BCUT2D eigenvalue weighted by molar-refractivity contribution is -0.140. The minimum Gasteiger partial charge on any atom is -0.505 e. The second-order valence-corrected chi connectivity index (χ2v) is 5.17. The van der Waals surface area contributed by atoms with E-state index in [4.69, 9.17) is 58.0 Å². The molecule has 21 heavy (non-hydrogen) atoms. The third-order valence-electron chi connectivity index (χ3n) is 1.91. The number of aromatic hydroxyl groups is 1. The zero-order valence-corrected chi connectivity index (χ0v) is 14.6. The van der Waals surface area contributed by atoms with Crippen LogP contribution in [0, 0.1) is 0 Å². The molecule has 0 saturated carbocycles. The number of halogens is 6. The standard InChI is InChI=1S/C6HCl5O.C6H9FO2/c7-1-2(8)4(10)6(12)5(11)3(1)9;1-3-5(7)6(8)9-4-2/h12H;3H,4H2,1-2H3/b;5-3-. The molecular formula is C12H10Cl5FO3. The summed E-state index contributed by atoms with van der Waals surface area (Å²) in [5, 5.41) is 9.01. The highest BCUT2D eigenvalue weighted by Crippen LogP contribution is 2.47. The molecule has 118 valence electrons. The zero-order valence-electron chi connectivity index (χ0n) is 10.8. The average Bonchev–Trinajstić information content (AvgIpc) is 2.49. The van der Waals surface area contributed by atoms with Crippen molar-refractivity contribution in [3.8, 4) is 5.75 Å². The third kappa shape index (κ3) is 5.72. The van der Waals surface area contributed by atoms with Crippen LogP contribution in [0.5, 0.6) is 5.75 Å². The van der Waals surface area contributed by atoms with Gasteiger partial charge in [0.25, 0.3) is 0 Å². The molecule has 0 bridgehead atoms. The molecule has 0 radical (unpaired) electrons. The number of allylic oxidation sites excluding steroid dienone is 1. The molecule has 1 rings (SSSR count). The maximum Gasteiger partial charge on any atom is 0.366 e. The van der Waals surface area contributed by atoms with E-state index >= 15 is 0 Å². The first-order chi connectivity index (χ1) is 9.68. The van der Waals surface area contributed by atoms with E-state index in [-0.39, 0.29) is 37.5 Å². The van der Waals surface area contributed by atoms with Gasteiger partial charge in [-0.25, -0.2) is 4.79 Å². The van der Waals surface area contributed by atoms with Gasteiger partial charge in [-0.15, -0.1) is 0 Å². The molecular weight excluding hydrogens is 388 g/mol. The number of phenols is 1. The molecule has 0 aromatic heterocycles.